The van der Waals surface area contributed by atoms with E-state index in [0.29, 0.717) is 12.2 Å². The lowest BCUT2D eigenvalue weighted by Gasteiger charge is -2.04. The number of hydrogen-bond donors (Lipinski definition) is 1. The summed E-state index contributed by atoms with van der Waals surface area (Å²) >= 11 is 0. The van der Waals surface area contributed by atoms with Crippen molar-refractivity contribution in [1.29, 1.82) is 0 Å². The zero-order chi connectivity index (χ0) is 9.14. The maximum absolute atomic E-state index is 10.9. The van der Waals surface area contributed by atoms with Gasteiger partial charge in [0.25, 0.3) is 0 Å². The summed E-state index contributed by atoms with van der Waals surface area (Å²) in [5, 5.41) is 16.3. The minimum atomic E-state index is -0.523. The molecule has 5 nitrogen and oxygen atoms in total. The Bertz CT molecular complexity index is 280. The van der Waals surface area contributed by atoms with Gasteiger partial charge in [-0.1, -0.05) is 5.21 Å². The van der Waals surface area contributed by atoms with Crippen LogP contribution in [0.4, 0.5) is 0 Å². The molecule has 0 spiro atoms. The van der Waals surface area contributed by atoms with Crippen molar-refractivity contribution in [3.05, 3.63) is 11.9 Å². The number of nitrogens with zero attached hydrogens (tertiary/aromatic N) is 3. The molecule has 0 saturated carbocycles. The van der Waals surface area contributed by atoms with Gasteiger partial charge in [-0.15, -0.1) is 5.10 Å². The third-order valence-electron chi connectivity index (χ3n) is 1.42. The Morgan fingerprint density at radius 1 is 1.83 bits per heavy atom. The van der Waals surface area contributed by atoms with Gasteiger partial charge < -0.3 is 5.11 Å². The first-order chi connectivity index (χ1) is 5.61. The van der Waals surface area contributed by atoms with Gasteiger partial charge in [0.1, 0.15) is 5.69 Å². The molecule has 0 aliphatic rings. The zero-order valence-electron chi connectivity index (χ0n) is 7.06. The molecule has 66 valence electrons. The van der Waals surface area contributed by atoms with Crippen molar-refractivity contribution >= 4 is 5.78 Å². The van der Waals surface area contributed by atoms with Gasteiger partial charge in [0.2, 0.25) is 0 Å². The van der Waals surface area contributed by atoms with Gasteiger partial charge >= 0.3 is 0 Å². The van der Waals surface area contributed by atoms with Crippen LogP contribution in [0.2, 0.25) is 0 Å². The molecule has 0 aromatic carbocycles. The highest BCUT2D eigenvalue weighted by Gasteiger charge is 2.09. The Balaban J connectivity index is 2.84. The fourth-order valence-corrected chi connectivity index (χ4v) is 0.915. The minimum Gasteiger partial charge on any atom is -0.391 e. The van der Waals surface area contributed by atoms with Crippen molar-refractivity contribution in [3.8, 4) is 0 Å². The van der Waals surface area contributed by atoms with Crippen LogP contribution in [-0.4, -0.2) is 32.0 Å². The van der Waals surface area contributed by atoms with Gasteiger partial charge in [-0.2, -0.15) is 0 Å². The van der Waals surface area contributed by atoms with Crippen LogP contribution in [-0.2, 0) is 6.54 Å². The molecule has 1 atom stereocenters. The lowest BCUT2D eigenvalue weighted by Crippen LogP contribution is -2.16. The molecule has 1 rings (SSSR count). The molecule has 0 radical (unpaired) electrons. The molecule has 0 aliphatic carbocycles. The zero-order valence-corrected chi connectivity index (χ0v) is 7.06. The van der Waals surface area contributed by atoms with Gasteiger partial charge in [0.05, 0.1) is 18.8 Å². The largest absolute Gasteiger partial charge is 0.391 e. The van der Waals surface area contributed by atoms with E-state index in [1.165, 1.54) is 17.8 Å². The Morgan fingerprint density at radius 2 is 2.50 bits per heavy atom. The molecule has 1 heterocycles. The Kier molecular flexibility index (Phi) is 2.54. The third kappa shape index (κ3) is 1.88. The minimum absolute atomic E-state index is 0.0966. The van der Waals surface area contributed by atoms with Crippen LogP contribution in [0.3, 0.4) is 0 Å². The summed E-state index contributed by atoms with van der Waals surface area (Å²) < 4.78 is 1.40. The van der Waals surface area contributed by atoms with E-state index in [-0.39, 0.29) is 5.78 Å². The van der Waals surface area contributed by atoms with Crippen molar-refractivity contribution in [2.24, 2.45) is 0 Å². The van der Waals surface area contributed by atoms with Crippen molar-refractivity contribution in [1.82, 2.24) is 15.0 Å². The number of aromatic nitrogens is 3. The summed E-state index contributed by atoms with van der Waals surface area (Å²) in [6, 6.07) is 0. The van der Waals surface area contributed by atoms with Crippen LogP contribution in [0.25, 0.3) is 0 Å². The second-order valence-corrected chi connectivity index (χ2v) is 2.71. The molecule has 1 aromatic rings. The van der Waals surface area contributed by atoms with Gasteiger partial charge in [-0.3, -0.25) is 4.79 Å². The molecule has 0 amide bonds. The Labute approximate surface area is 70.0 Å². The normalized spacial score (nSPS) is 12.9. The molecule has 12 heavy (non-hydrogen) atoms. The summed E-state index contributed by atoms with van der Waals surface area (Å²) in [6.45, 7) is 3.37. The second-order valence-electron chi connectivity index (χ2n) is 2.71. The van der Waals surface area contributed by atoms with E-state index in [1.807, 2.05) is 0 Å². The van der Waals surface area contributed by atoms with E-state index < -0.39 is 6.10 Å². The number of carbonyl (C=O) groups is 1. The smallest absolute Gasteiger partial charge is 0.179 e. The Morgan fingerprint density at radius 3 is 3.00 bits per heavy atom. The first-order valence-corrected chi connectivity index (χ1v) is 3.68. The third-order valence-corrected chi connectivity index (χ3v) is 1.42. The number of rotatable bonds is 3. The van der Waals surface area contributed by atoms with Crippen LogP contribution in [0.1, 0.15) is 24.3 Å². The summed E-state index contributed by atoms with van der Waals surface area (Å²) in [5.41, 5.74) is 0.427. The average molecular weight is 169 g/mol. The van der Waals surface area contributed by atoms with E-state index in [0.717, 1.165) is 0 Å². The van der Waals surface area contributed by atoms with Crippen molar-refractivity contribution in [2.75, 3.05) is 0 Å². The maximum atomic E-state index is 10.9. The molecule has 1 N–H and O–H groups in total. The van der Waals surface area contributed by atoms with Crippen LogP contribution in [0, 0.1) is 0 Å². The molecular formula is C7H11N3O2. The first-order valence-electron chi connectivity index (χ1n) is 3.68. The van der Waals surface area contributed by atoms with Gasteiger partial charge in [0, 0.05) is 6.92 Å². The quantitative estimate of drug-likeness (QED) is 0.639. The number of Topliss-reactive ketones (excluding diaryl/α,β-unsaturated/α-hetero) is 1. The van der Waals surface area contributed by atoms with Crippen molar-refractivity contribution < 1.29 is 9.90 Å². The highest BCUT2D eigenvalue weighted by molar-refractivity contribution is 5.91. The van der Waals surface area contributed by atoms with E-state index in [2.05, 4.69) is 10.3 Å². The van der Waals surface area contributed by atoms with Gasteiger partial charge in [-0.25, -0.2) is 4.68 Å². The van der Waals surface area contributed by atoms with E-state index in [1.54, 1.807) is 6.92 Å². The summed E-state index contributed by atoms with van der Waals surface area (Å²) in [4.78, 5) is 10.9. The predicted molar refractivity (Wildman–Crippen MR) is 41.7 cm³/mol. The van der Waals surface area contributed by atoms with Gasteiger partial charge in [0.15, 0.2) is 5.78 Å². The fraction of sp³-hybridized carbons (Fsp3) is 0.571. The molecule has 1 aromatic heterocycles. The van der Waals surface area contributed by atoms with Crippen LogP contribution >= 0.6 is 0 Å². The highest BCUT2D eigenvalue weighted by atomic mass is 16.3. The molecule has 0 aliphatic heterocycles. The molecule has 0 bridgehead atoms. The second kappa shape index (κ2) is 3.44. The van der Waals surface area contributed by atoms with E-state index in [9.17, 15) is 4.79 Å². The predicted octanol–water partition coefficient (Wildman–Crippen LogP) is -0.139. The highest BCUT2D eigenvalue weighted by Crippen LogP contribution is 1.98. The number of hydrogen-bond acceptors (Lipinski definition) is 4. The number of ketones is 1. The molecule has 0 saturated heterocycles. The summed E-state index contributed by atoms with van der Waals surface area (Å²) in [5.74, 6) is -0.0966. The maximum Gasteiger partial charge on any atom is 0.179 e. The van der Waals surface area contributed by atoms with E-state index >= 15 is 0 Å². The lowest BCUT2D eigenvalue weighted by molar-refractivity contribution is 0.0997. The van der Waals surface area contributed by atoms with Crippen molar-refractivity contribution in [2.45, 2.75) is 26.5 Å². The standard InChI is InChI=1S/C7H11N3O2/c1-5(11)4-10-7(6(2)12)3-8-9-10/h3,5,11H,4H2,1-2H3. The first kappa shape index (κ1) is 8.86. The average Bonchev–Trinajstić information content (AvgIpc) is 2.33. The number of aliphatic hydroxyl groups excluding tert-OH is 1. The SMILES string of the molecule is CC(=O)c1cnnn1CC(C)O. The van der Waals surface area contributed by atoms with E-state index in [4.69, 9.17) is 5.11 Å². The number of aliphatic hydroxyl groups is 1. The topological polar surface area (TPSA) is 68.0 Å². The molecule has 0 fully saturated rings. The summed E-state index contributed by atoms with van der Waals surface area (Å²) in [7, 11) is 0. The van der Waals surface area contributed by atoms with Crippen LogP contribution < -0.4 is 0 Å². The molecule has 1 unspecified atom stereocenters. The monoisotopic (exact) mass is 169 g/mol. The molecular weight excluding hydrogens is 158 g/mol. The lowest BCUT2D eigenvalue weighted by atomic mass is 10.3. The molecule has 5 heteroatoms. The fourth-order valence-electron chi connectivity index (χ4n) is 0.915. The number of carbonyl (C=O) groups excluding carboxylic acids is 1. The van der Waals surface area contributed by atoms with Crippen LogP contribution in [0.5, 0.6) is 0 Å². The van der Waals surface area contributed by atoms with Crippen molar-refractivity contribution in [3.63, 3.8) is 0 Å². The summed E-state index contributed by atoms with van der Waals surface area (Å²) in [6.07, 6.45) is 0.870. The van der Waals surface area contributed by atoms with Crippen LogP contribution in [0.15, 0.2) is 6.20 Å². The van der Waals surface area contributed by atoms with Gasteiger partial charge in [-0.05, 0) is 6.92 Å². The Hall–Kier alpha value is -1.23.